The van der Waals surface area contributed by atoms with Crippen LogP contribution < -0.4 is 24.3 Å². The zero-order valence-electron chi connectivity index (χ0n) is 26.5. The quantitative estimate of drug-likeness (QED) is 0.230. The molecule has 2 atom stereocenters. The van der Waals surface area contributed by atoms with Gasteiger partial charge < -0.3 is 29.2 Å². The maximum Gasteiger partial charge on any atom is 0.248 e. The highest BCUT2D eigenvalue weighted by Gasteiger charge is 2.37. The molecular formula is C34H41N5O6. The maximum atomic E-state index is 14.7. The average molecular weight is 616 g/mol. The molecule has 0 spiro atoms. The van der Waals surface area contributed by atoms with Gasteiger partial charge in [-0.25, -0.2) is 4.68 Å². The minimum Gasteiger partial charge on any atom is -0.497 e. The molecule has 0 bridgehead atoms. The van der Waals surface area contributed by atoms with Gasteiger partial charge in [0.05, 0.1) is 34.0 Å². The van der Waals surface area contributed by atoms with E-state index in [2.05, 4.69) is 15.6 Å². The van der Waals surface area contributed by atoms with Crippen molar-refractivity contribution in [3.8, 4) is 23.0 Å². The van der Waals surface area contributed by atoms with Gasteiger partial charge in [-0.2, -0.15) is 0 Å². The predicted octanol–water partition coefficient (Wildman–Crippen LogP) is 5.25. The molecule has 5 rings (SSSR count). The van der Waals surface area contributed by atoms with Gasteiger partial charge in [0, 0.05) is 12.6 Å². The lowest BCUT2D eigenvalue weighted by molar-refractivity contribution is -0.144. The number of nitrogens with one attached hydrogen (secondary N) is 1. The summed E-state index contributed by atoms with van der Waals surface area (Å²) >= 11 is 0. The van der Waals surface area contributed by atoms with E-state index in [0.29, 0.717) is 34.1 Å². The molecule has 11 heteroatoms. The third-order valence-electron chi connectivity index (χ3n) is 8.41. The standard InChI is InChI=1S/C34H41N5O6/c1-22(39-28-14-10-9-13-27(28)36-37-39)34(41)38(21-23-15-17-26(42-2)18-16-23)31(33(40)35-25-11-7-6-8-12-25)24-19-29(43-3)32(45-5)30(20-24)44-4/h9-10,13-20,22,25,31H,6-8,11-12,21H2,1-5H3,(H,35,40)/t22-,31-/m0/s1. The van der Waals surface area contributed by atoms with Crippen LogP contribution in [0.2, 0.25) is 0 Å². The SMILES string of the molecule is COc1ccc(CN(C(=O)[C@H](C)n2nnc3ccccc32)[C@H](C(=O)NC2CCCCC2)c2cc(OC)c(OC)c(OC)c2)cc1. The molecule has 1 N–H and O–H groups in total. The minimum absolute atomic E-state index is 0.0189. The zero-order valence-corrected chi connectivity index (χ0v) is 26.5. The van der Waals surface area contributed by atoms with E-state index in [4.69, 9.17) is 18.9 Å². The molecule has 45 heavy (non-hydrogen) atoms. The first kappa shape index (κ1) is 31.6. The second-order valence-corrected chi connectivity index (χ2v) is 11.2. The Kier molecular flexibility index (Phi) is 10.1. The lowest BCUT2D eigenvalue weighted by atomic mass is 9.94. The van der Waals surface area contributed by atoms with E-state index in [0.717, 1.165) is 43.2 Å². The Morgan fingerprint density at radius 3 is 2.20 bits per heavy atom. The molecule has 1 aliphatic rings. The van der Waals surface area contributed by atoms with Gasteiger partial charge in [0.2, 0.25) is 17.6 Å². The van der Waals surface area contributed by atoms with Crippen molar-refractivity contribution >= 4 is 22.8 Å². The number of methoxy groups -OCH3 is 4. The smallest absolute Gasteiger partial charge is 0.248 e. The van der Waals surface area contributed by atoms with Gasteiger partial charge in [0.25, 0.3) is 0 Å². The van der Waals surface area contributed by atoms with Crippen LogP contribution in [0.3, 0.4) is 0 Å². The number of fused-ring (bicyclic) bond motifs is 1. The first-order chi connectivity index (χ1) is 21.9. The fraction of sp³-hybridized carbons (Fsp3) is 0.412. The van der Waals surface area contributed by atoms with Crippen LogP contribution in [0.15, 0.2) is 60.7 Å². The van der Waals surface area contributed by atoms with Gasteiger partial charge in [0.15, 0.2) is 11.5 Å². The lowest BCUT2D eigenvalue weighted by Gasteiger charge is -2.35. The highest BCUT2D eigenvalue weighted by atomic mass is 16.5. The molecule has 0 aliphatic heterocycles. The molecule has 238 valence electrons. The molecule has 1 aliphatic carbocycles. The average Bonchev–Trinajstić information content (AvgIpc) is 3.51. The number of aromatic nitrogens is 3. The molecule has 1 fully saturated rings. The molecule has 3 aromatic carbocycles. The molecule has 0 radical (unpaired) electrons. The Hall–Kier alpha value is -4.80. The first-order valence-corrected chi connectivity index (χ1v) is 15.2. The number of hydrogen-bond acceptors (Lipinski definition) is 8. The van der Waals surface area contributed by atoms with Crippen molar-refractivity contribution in [3.05, 3.63) is 71.8 Å². The van der Waals surface area contributed by atoms with Crippen molar-refractivity contribution in [1.82, 2.24) is 25.2 Å². The number of para-hydroxylation sites is 1. The third-order valence-corrected chi connectivity index (χ3v) is 8.41. The van der Waals surface area contributed by atoms with Crippen LogP contribution >= 0.6 is 0 Å². The molecular weight excluding hydrogens is 574 g/mol. The fourth-order valence-corrected chi connectivity index (χ4v) is 6.00. The molecule has 1 saturated carbocycles. The normalized spacial score (nSPS) is 14.8. The van der Waals surface area contributed by atoms with Crippen molar-refractivity contribution in [1.29, 1.82) is 0 Å². The molecule has 2 amide bonds. The Morgan fingerprint density at radius 2 is 1.58 bits per heavy atom. The molecule has 4 aromatic rings. The van der Waals surface area contributed by atoms with E-state index in [1.54, 1.807) is 35.7 Å². The number of carbonyl (C=O) groups excluding carboxylic acids is 2. The van der Waals surface area contributed by atoms with Crippen LogP contribution in [0, 0.1) is 0 Å². The summed E-state index contributed by atoms with van der Waals surface area (Å²) in [4.78, 5) is 30.8. The summed E-state index contributed by atoms with van der Waals surface area (Å²) < 4.78 is 23.9. The number of nitrogens with zero attached hydrogens (tertiary/aromatic N) is 4. The number of rotatable bonds is 12. The van der Waals surface area contributed by atoms with Crippen molar-refractivity contribution in [2.45, 2.75) is 63.7 Å². The van der Waals surface area contributed by atoms with Gasteiger partial charge in [-0.05, 0) is 67.3 Å². The van der Waals surface area contributed by atoms with Gasteiger partial charge in [0.1, 0.15) is 23.3 Å². The van der Waals surface area contributed by atoms with Crippen molar-refractivity contribution < 1.29 is 28.5 Å². The summed E-state index contributed by atoms with van der Waals surface area (Å²) in [5, 5.41) is 11.9. The summed E-state index contributed by atoms with van der Waals surface area (Å²) in [7, 11) is 6.18. The van der Waals surface area contributed by atoms with Gasteiger partial charge in [-0.15, -0.1) is 5.10 Å². The van der Waals surface area contributed by atoms with Crippen molar-refractivity contribution in [2.24, 2.45) is 0 Å². The zero-order chi connectivity index (χ0) is 31.9. The van der Waals surface area contributed by atoms with E-state index in [1.165, 1.54) is 21.3 Å². The fourth-order valence-electron chi connectivity index (χ4n) is 6.00. The summed E-state index contributed by atoms with van der Waals surface area (Å²) in [6, 6.07) is 16.6. The predicted molar refractivity (Wildman–Crippen MR) is 170 cm³/mol. The number of ether oxygens (including phenoxy) is 4. The highest BCUT2D eigenvalue weighted by Crippen LogP contribution is 2.41. The van der Waals surface area contributed by atoms with E-state index in [9.17, 15) is 9.59 Å². The van der Waals surface area contributed by atoms with Crippen molar-refractivity contribution in [3.63, 3.8) is 0 Å². The number of amides is 2. The monoisotopic (exact) mass is 615 g/mol. The summed E-state index contributed by atoms with van der Waals surface area (Å²) in [5.74, 6) is 1.26. The lowest BCUT2D eigenvalue weighted by Crippen LogP contribution is -2.48. The molecule has 0 saturated heterocycles. The molecule has 1 aromatic heterocycles. The van der Waals surface area contributed by atoms with E-state index in [-0.39, 0.29) is 24.4 Å². The Morgan fingerprint density at radius 1 is 0.911 bits per heavy atom. The van der Waals surface area contributed by atoms with Gasteiger partial charge in [-0.1, -0.05) is 48.7 Å². The second-order valence-electron chi connectivity index (χ2n) is 11.2. The van der Waals surface area contributed by atoms with Crippen LogP contribution in [-0.2, 0) is 16.1 Å². The Bertz CT molecular complexity index is 1590. The summed E-state index contributed by atoms with van der Waals surface area (Å²) in [5.41, 5.74) is 2.74. The van der Waals surface area contributed by atoms with E-state index < -0.39 is 12.1 Å². The minimum atomic E-state index is -1.03. The van der Waals surface area contributed by atoms with Crippen LogP contribution in [0.25, 0.3) is 11.0 Å². The second kappa shape index (κ2) is 14.3. The van der Waals surface area contributed by atoms with Crippen molar-refractivity contribution in [2.75, 3.05) is 28.4 Å². The molecule has 0 unspecified atom stereocenters. The van der Waals surface area contributed by atoms with Crippen LogP contribution in [0.4, 0.5) is 0 Å². The first-order valence-electron chi connectivity index (χ1n) is 15.2. The largest absolute Gasteiger partial charge is 0.497 e. The summed E-state index contributed by atoms with van der Waals surface area (Å²) in [6.07, 6.45) is 5.02. The highest BCUT2D eigenvalue weighted by molar-refractivity contribution is 5.91. The van der Waals surface area contributed by atoms with Gasteiger partial charge in [-0.3, -0.25) is 9.59 Å². The van der Waals surface area contributed by atoms with Gasteiger partial charge >= 0.3 is 0 Å². The number of hydrogen-bond donors (Lipinski definition) is 1. The maximum absolute atomic E-state index is 14.7. The van der Waals surface area contributed by atoms with E-state index >= 15 is 0 Å². The van der Waals surface area contributed by atoms with Crippen LogP contribution in [0.5, 0.6) is 23.0 Å². The summed E-state index contributed by atoms with van der Waals surface area (Å²) in [6.45, 7) is 1.91. The Balaban J connectivity index is 1.64. The van der Waals surface area contributed by atoms with E-state index in [1.807, 2.05) is 48.5 Å². The third kappa shape index (κ3) is 6.82. The molecule has 11 nitrogen and oxygen atoms in total. The molecule has 1 heterocycles. The Labute approximate surface area is 263 Å². The van der Waals surface area contributed by atoms with Crippen LogP contribution in [-0.4, -0.2) is 66.2 Å². The number of benzene rings is 3. The van der Waals surface area contributed by atoms with Crippen LogP contribution in [0.1, 0.15) is 62.2 Å². The number of carbonyl (C=O) groups is 2. The topological polar surface area (TPSA) is 117 Å².